The molecule has 1 amide bonds. The van der Waals surface area contributed by atoms with E-state index in [4.69, 9.17) is 4.74 Å². The maximum atomic E-state index is 12.9. The topological polar surface area (TPSA) is 75.7 Å². The molecule has 0 fully saturated rings. The van der Waals surface area contributed by atoms with Gasteiger partial charge in [0.05, 0.1) is 11.5 Å². The van der Waals surface area contributed by atoms with Crippen molar-refractivity contribution in [2.75, 3.05) is 19.0 Å². The molecule has 0 atom stereocenters. The Kier molecular flexibility index (Phi) is 7.66. The molecule has 32 heavy (non-hydrogen) atoms. The van der Waals surface area contributed by atoms with Crippen LogP contribution in [0.15, 0.2) is 77.7 Å². The summed E-state index contributed by atoms with van der Waals surface area (Å²) in [5.41, 5.74) is 2.85. The Morgan fingerprint density at radius 1 is 0.938 bits per heavy atom. The number of nitrogens with zero attached hydrogens (tertiary/aromatic N) is 1. The molecule has 0 aromatic heterocycles. The summed E-state index contributed by atoms with van der Waals surface area (Å²) in [5, 5.41) is 2.95. The van der Waals surface area contributed by atoms with Crippen molar-refractivity contribution in [1.82, 2.24) is 4.31 Å². The van der Waals surface area contributed by atoms with Gasteiger partial charge in [0.25, 0.3) is 5.91 Å². The van der Waals surface area contributed by atoms with Gasteiger partial charge in [0, 0.05) is 30.4 Å². The fourth-order valence-electron chi connectivity index (χ4n) is 3.38. The maximum absolute atomic E-state index is 12.9. The summed E-state index contributed by atoms with van der Waals surface area (Å²) in [6.07, 6.45) is 0.799. The van der Waals surface area contributed by atoms with Crippen LogP contribution in [0.4, 0.5) is 5.69 Å². The fourth-order valence-corrected chi connectivity index (χ4v) is 4.55. The molecule has 6 nitrogen and oxygen atoms in total. The molecule has 0 aliphatic carbocycles. The number of rotatable bonds is 9. The van der Waals surface area contributed by atoms with Crippen molar-refractivity contribution in [2.24, 2.45) is 0 Å². The quantitative estimate of drug-likeness (QED) is 0.510. The number of amides is 1. The first-order valence-electron chi connectivity index (χ1n) is 10.5. The van der Waals surface area contributed by atoms with E-state index < -0.39 is 10.0 Å². The third-order valence-corrected chi connectivity index (χ3v) is 6.93. The zero-order valence-electron chi connectivity index (χ0n) is 18.5. The van der Waals surface area contributed by atoms with Gasteiger partial charge in [-0.1, -0.05) is 43.3 Å². The lowest BCUT2D eigenvalue weighted by atomic mass is 10.1. The Bertz CT molecular complexity index is 1180. The molecule has 0 saturated heterocycles. The average Bonchev–Trinajstić information content (AvgIpc) is 2.81. The van der Waals surface area contributed by atoms with Crippen molar-refractivity contribution in [3.8, 4) is 5.75 Å². The third kappa shape index (κ3) is 5.36. The molecule has 0 radical (unpaired) electrons. The van der Waals surface area contributed by atoms with Gasteiger partial charge in [-0.3, -0.25) is 4.79 Å². The predicted molar refractivity (Wildman–Crippen MR) is 126 cm³/mol. The minimum Gasteiger partial charge on any atom is -0.494 e. The number of hydrogen-bond donors (Lipinski definition) is 1. The molecule has 0 bridgehead atoms. The number of anilines is 1. The van der Waals surface area contributed by atoms with Crippen LogP contribution in [-0.4, -0.2) is 32.3 Å². The van der Waals surface area contributed by atoms with E-state index in [1.807, 2.05) is 38.1 Å². The summed E-state index contributed by atoms with van der Waals surface area (Å²) in [4.78, 5) is 13.1. The first-order valence-corrected chi connectivity index (χ1v) is 12.0. The Balaban J connectivity index is 1.88. The molecule has 3 aromatic rings. The van der Waals surface area contributed by atoms with E-state index in [2.05, 4.69) is 5.32 Å². The Morgan fingerprint density at radius 2 is 1.62 bits per heavy atom. The molecule has 0 heterocycles. The zero-order valence-corrected chi connectivity index (χ0v) is 19.4. The van der Waals surface area contributed by atoms with Crippen LogP contribution >= 0.6 is 0 Å². The second-order valence-electron chi connectivity index (χ2n) is 7.29. The number of sulfonamides is 1. The molecule has 3 rings (SSSR count). The highest BCUT2D eigenvalue weighted by Crippen LogP contribution is 2.25. The van der Waals surface area contributed by atoms with Crippen LogP contribution < -0.4 is 10.1 Å². The zero-order chi connectivity index (χ0) is 23.1. The first-order chi connectivity index (χ1) is 15.4. The number of hydrogen-bond acceptors (Lipinski definition) is 4. The van der Waals surface area contributed by atoms with Crippen LogP contribution in [0.25, 0.3) is 0 Å². The lowest BCUT2D eigenvalue weighted by Gasteiger charge is -2.20. The van der Waals surface area contributed by atoms with Crippen molar-refractivity contribution in [3.63, 3.8) is 0 Å². The van der Waals surface area contributed by atoms with Gasteiger partial charge in [-0.25, -0.2) is 8.42 Å². The molecule has 1 N–H and O–H groups in total. The van der Waals surface area contributed by atoms with Crippen LogP contribution in [0.2, 0.25) is 0 Å². The fraction of sp³-hybridized carbons (Fsp3) is 0.240. The van der Waals surface area contributed by atoms with Crippen molar-refractivity contribution in [3.05, 3.63) is 89.5 Å². The number of carbonyl (C=O) groups is 1. The molecule has 3 aromatic carbocycles. The van der Waals surface area contributed by atoms with Gasteiger partial charge in [0.1, 0.15) is 5.75 Å². The summed E-state index contributed by atoms with van der Waals surface area (Å²) in [5.74, 6) is 0.289. The van der Waals surface area contributed by atoms with Gasteiger partial charge in [0.2, 0.25) is 10.0 Å². The lowest BCUT2D eigenvalue weighted by molar-refractivity contribution is 0.102. The van der Waals surface area contributed by atoms with Gasteiger partial charge < -0.3 is 10.1 Å². The largest absolute Gasteiger partial charge is 0.494 e. The Morgan fingerprint density at radius 3 is 2.31 bits per heavy atom. The number of nitrogens with one attached hydrogen (secondary N) is 1. The molecule has 168 valence electrons. The maximum Gasteiger partial charge on any atom is 0.255 e. The summed E-state index contributed by atoms with van der Waals surface area (Å²) in [7, 11) is -2.17. The van der Waals surface area contributed by atoms with E-state index in [-0.39, 0.29) is 17.3 Å². The van der Waals surface area contributed by atoms with E-state index in [9.17, 15) is 13.2 Å². The van der Waals surface area contributed by atoms with Crippen LogP contribution in [0.1, 0.15) is 35.3 Å². The highest BCUT2D eigenvalue weighted by molar-refractivity contribution is 7.89. The molecule has 0 unspecified atom stereocenters. The lowest BCUT2D eigenvalue weighted by Crippen LogP contribution is -2.27. The number of aryl methyl sites for hydroxylation is 1. The molecular weight excluding hydrogens is 424 g/mol. The molecular formula is C25H28N2O4S. The smallest absolute Gasteiger partial charge is 0.255 e. The van der Waals surface area contributed by atoms with Crippen LogP contribution in [0.3, 0.4) is 0 Å². The summed E-state index contributed by atoms with van der Waals surface area (Å²) in [6, 6.07) is 21.0. The second-order valence-corrected chi connectivity index (χ2v) is 9.34. The number of benzene rings is 3. The highest BCUT2D eigenvalue weighted by atomic mass is 32.2. The van der Waals surface area contributed by atoms with Crippen molar-refractivity contribution in [1.29, 1.82) is 0 Å². The highest BCUT2D eigenvalue weighted by Gasteiger charge is 2.22. The van der Waals surface area contributed by atoms with E-state index >= 15 is 0 Å². The third-order valence-electron chi connectivity index (χ3n) is 5.11. The van der Waals surface area contributed by atoms with Crippen molar-refractivity contribution >= 4 is 21.6 Å². The minimum atomic E-state index is -3.68. The van der Waals surface area contributed by atoms with Crippen LogP contribution in [0.5, 0.6) is 5.75 Å². The monoisotopic (exact) mass is 452 g/mol. The van der Waals surface area contributed by atoms with E-state index in [1.165, 1.54) is 11.4 Å². The van der Waals surface area contributed by atoms with E-state index in [0.717, 1.165) is 17.7 Å². The first kappa shape index (κ1) is 23.5. The standard InChI is InChI=1S/C25H28N2O4S/c1-4-19-11-9-10-14-23(19)26-25(28)20-15-16-24(31-5-2)21(17-20)18-27(3)32(29,30)22-12-7-6-8-13-22/h6-17H,4-5,18H2,1-3H3,(H,26,28). The number of ether oxygens (including phenoxy) is 1. The predicted octanol–water partition coefficient (Wildman–Crippen LogP) is 4.72. The second kappa shape index (κ2) is 10.4. The van der Waals surface area contributed by atoms with Crippen LogP contribution in [0, 0.1) is 0 Å². The molecule has 0 spiro atoms. The average molecular weight is 453 g/mol. The van der Waals surface area contributed by atoms with Crippen molar-refractivity contribution in [2.45, 2.75) is 31.7 Å². The van der Waals surface area contributed by atoms with Gasteiger partial charge >= 0.3 is 0 Å². The van der Waals surface area contributed by atoms with E-state index in [0.29, 0.717) is 23.5 Å². The van der Waals surface area contributed by atoms with Gasteiger partial charge in [-0.05, 0) is 55.3 Å². The van der Waals surface area contributed by atoms with Gasteiger partial charge in [-0.15, -0.1) is 0 Å². The Labute approximate surface area is 189 Å². The normalized spacial score (nSPS) is 11.4. The Hall–Kier alpha value is -3.16. The summed E-state index contributed by atoms with van der Waals surface area (Å²) >= 11 is 0. The molecule has 0 aliphatic rings. The van der Waals surface area contributed by atoms with Gasteiger partial charge in [-0.2, -0.15) is 4.31 Å². The van der Waals surface area contributed by atoms with Crippen LogP contribution in [-0.2, 0) is 23.0 Å². The number of carbonyl (C=O) groups excluding carboxylic acids is 1. The number of para-hydroxylation sites is 1. The van der Waals surface area contributed by atoms with Gasteiger partial charge in [0.15, 0.2) is 0 Å². The van der Waals surface area contributed by atoms with Crippen molar-refractivity contribution < 1.29 is 17.9 Å². The molecule has 0 aliphatic heterocycles. The summed E-state index contributed by atoms with van der Waals surface area (Å²) < 4.78 is 32.8. The minimum absolute atomic E-state index is 0.0687. The molecule has 7 heteroatoms. The van der Waals surface area contributed by atoms with E-state index in [1.54, 1.807) is 48.5 Å². The SMILES string of the molecule is CCOc1ccc(C(=O)Nc2ccccc2CC)cc1CN(C)S(=O)(=O)c1ccccc1. The molecule has 0 saturated carbocycles. The summed E-state index contributed by atoms with van der Waals surface area (Å²) in [6.45, 7) is 4.39.